The van der Waals surface area contributed by atoms with Gasteiger partial charge in [0.2, 0.25) is 0 Å². The molecule has 2 aromatic heterocycles. The fraction of sp³-hybridized carbons (Fsp3) is 0.308. The molecular formula is C13H12N2O4S. The molecule has 20 heavy (non-hydrogen) atoms. The summed E-state index contributed by atoms with van der Waals surface area (Å²) in [5.74, 6) is -1.90. The number of aromatic carboxylic acids is 1. The second kappa shape index (κ2) is 4.75. The molecule has 0 aromatic carbocycles. The van der Waals surface area contributed by atoms with Crippen LogP contribution in [0.3, 0.4) is 0 Å². The van der Waals surface area contributed by atoms with E-state index in [1.54, 1.807) is 0 Å². The number of imidazole rings is 1. The van der Waals surface area contributed by atoms with Crippen LogP contribution in [-0.4, -0.2) is 31.7 Å². The molecule has 0 aliphatic carbocycles. The van der Waals surface area contributed by atoms with Crippen molar-refractivity contribution < 1.29 is 19.8 Å². The summed E-state index contributed by atoms with van der Waals surface area (Å²) in [5, 5.41) is 20.3. The van der Waals surface area contributed by atoms with Gasteiger partial charge in [-0.2, -0.15) is 0 Å². The first-order chi connectivity index (χ1) is 9.58. The first-order valence-electron chi connectivity index (χ1n) is 6.17. The number of hydrogen-bond donors (Lipinski definition) is 2. The van der Waals surface area contributed by atoms with Gasteiger partial charge in [-0.05, 0) is 17.9 Å². The Morgan fingerprint density at radius 2 is 2.20 bits per heavy atom. The molecule has 0 amide bonds. The molecule has 0 saturated carbocycles. The molecule has 7 heteroatoms. The number of aliphatic carboxylic acids is 1. The van der Waals surface area contributed by atoms with Crippen molar-refractivity contribution in [3.63, 3.8) is 0 Å². The minimum Gasteiger partial charge on any atom is -0.481 e. The summed E-state index contributed by atoms with van der Waals surface area (Å²) in [6, 6.07) is 3.76. The van der Waals surface area contributed by atoms with Gasteiger partial charge in [0.05, 0.1) is 16.5 Å². The number of rotatable bonds is 3. The van der Waals surface area contributed by atoms with Gasteiger partial charge >= 0.3 is 11.9 Å². The fourth-order valence-corrected chi connectivity index (χ4v) is 3.25. The van der Waals surface area contributed by atoms with Gasteiger partial charge in [0.15, 0.2) is 11.5 Å². The summed E-state index contributed by atoms with van der Waals surface area (Å²) in [6.45, 7) is 0.486. The number of carboxylic acids is 2. The fourth-order valence-electron chi connectivity index (χ4n) is 2.53. The van der Waals surface area contributed by atoms with E-state index in [-0.39, 0.29) is 12.1 Å². The third-order valence-electron chi connectivity index (χ3n) is 3.51. The molecule has 1 aliphatic rings. The van der Waals surface area contributed by atoms with Crippen molar-refractivity contribution in [2.45, 2.75) is 19.4 Å². The predicted molar refractivity (Wildman–Crippen MR) is 71.9 cm³/mol. The number of aromatic nitrogens is 2. The highest BCUT2D eigenvalue weighted by atomic mass is 32.1. The highest BCUT2D eigenvalue weighted by Crippen LogP contribution is 2.32. The zero-order valence-corrected chi connectivity index (χ0v) is 11.3. The number of carboxylic acid groups (broad SMARTS) is 2. The molecule has 0 radical (unpaired) electrons. The van der Waals surface area contributed by atoms with E-state index in [9.17, 15) is 14.7 Å². The predicted octanol–water partition coefficient (Wildman–Crippen LogP) is 1.96. The van der Waals surface area contributed by atoms with Crippen molar-refractivity contribution in [3.05, 3.63) is 28.9 Å². The topological polar surface area (TPSA) is 92.4 Å². The van der Waals surface area contributed by atoms with E-state index >= 15 is 0 Å². The van der Waals surface area contributed by atoms with Gasteiger partial charge in [-0.15, -0.1) is 11.3 Å². The summed E-state index contributed by atoms with van der Waals surface area (Å²) in [7, 11) is 0. The molecule has 2 N–H and O–H groups in total. The van der Waals surface area contributed by atoms with Crippen LogP contribution in [0, 0.1) is 5.92 Å². The minimum atomic E-state index is -1.11. The highest BCUT2D eigenvalue weighted by molar-refractivity contribution is 7.13. The van der Waals surface area contributed by atoms with Gasteiger partial charge in [-0.1, -0.05) is 6.07 Å². The second-order valence-electron chi connectivity index (χ2n) is 4.69. The lowest BCUT2D eigenvalue weighted by Gasteiger charge is -2.22. The van der Waals surface area contributed by atoms with Crippen molar-refractivity contribution in [1.82, 2.24) is 9.55 Å². The molecule has 104 valence electrons. The van der Waals surface area contributed by atoms with Gasteiger partial charge in [0.25, 0.3) is 0 Å². The zero-order chi connectivity index (χ0) is 14.3. The average molecular weight is 292 g/mol. The monoisotopic (exact) mass is 292 g/mol. The van der Waals surface area contributed by atoms with Crippen molar-refractivity contribution in [1.29, 1.82) is 0 Å². The van der Waals surface area contributed by atoms with Crippen LogP contribution in [0.25, 0.3) is 10.7 Å². The van der Waals surface area contributed by atoms with E-state index in [4.69, 9.17) is 5.11 Å². The van der Waals surface area contributed by atoms with Crippen molar-refractivity contribution >= 4 is 23.3 Å². The third kappa shape index (κ3) is 2.00. The standard InChI is InChI=1S/C13H12N2O4S/c16-12(17)7-3-4-15-8(6-7)10(13(18)19)14-11(15)9-2-1-5-20-9/h1-2,5,7H,3-4,6H2,(H,16,17)(H,18,19). The summed E-state index contributed by atoms with van der Waals surface area (Å²) in [4.78, 5) is 27.5. The van der Waals surface area contributed by atoms with Gasteiger partial charge < -0.3 is 14.8 Å². The molecule has 0 spiro atoms. The molecule has 3 heterocycles. The number of fused-ring (bicyclic) bond motifs is 1. The quantitative estimate of drug-likeness (QED) is 0.902. The molecule has 0 fully saturated rings. The van der Waals surface area contributed by atoms with Gasteiger partial charge in [0.1, 0.15) is 0 Å². The third-order valence-corrected chi connectivity index (χ3v) is 4.37. The van der Waals surface area contributed by atoms with Crippen LogP contribution < -0.4 is 0 Å². The van der Waals surface area contributed by atoms with E-state index in [2.05, 4.69) is 4.98 Å². The number of thiophene rings is 1. The summed E-state index contributed by atoms with van der Waals surface area (Å²) < 4.78 is 1.84. The Hall–Kier alpha value is -2.15. The molecule has 0 saturated heterocycles. The van der Waals surface area contributed by atoms with Gasteiger partial charge in [0, 0.05) is 13.0 Å². The van der Waals surface area contributed by atoms with Gasteiger partial charge in [-0.3, -0.25) is 4.79 Å². The Kier molecular flexibility index (Phi) is 3.06. The Morgan fingerprint density at radius 3 is 2.80 bits per heavy atom. The van der Waals surface area contributed by atoms with Crippen LogP contribution in [0.15, 0.2) is 17.5 Å². The van der Waals surface area contributed by atoms with Crippen LogP contribution in [0.5, 0.6) is 0 Å². The van der Waals surface area contributed by atoms with E-state index in [0.717, 1.165) is 4.88 Å². The largest absolute Gasteiger partial charge is 0.481 e. The molecule has 0 bridgehead atoms. The Labute approximate surface area is 118 Å². The maximum absolute atomic E-state index is 11.3. The van der Waals surface area contributed by atoms with E-state index in [1.165, 1.54) is 11.3 Å². The number of nitrogens with zero attached hydrogens (tertiary/aromatic N) is 2. The van der Waals surface area contributed by atoms with E-state index in [0.29, 0.717) is 24.5 Å². The van der Waals surface area contributed by atoms with Crippen LogP contribution >= 0.6 is 11.3 Å². The summed E-state index contributed by atoms with van der Waals surface area (Å²) in [5.41, 5.74) is 0.485. The maximum atomic E-state index is 11.3. The van der Waals surface area contributed by atoms with Crippen LogP contribution in [0.4, 0.5) is 0 Å². The Balaban J connectivity index is 2.11. The molecule has 1 atom stereocenters. The van der Waals surface area contributed by atoms with Crippen molar-refractivity contribution in [2.75, 3.05) is 0 Å². The molecule has 2 aromatic rings. The minimum absolute atomic E-state index is 0.0284. The SMILES string of the molecule is O=C(O)c1nc(-c2cccs2)n2c1CC(C(=O)O)CC2. The summed E-state index contributed by atoms with van der Waals surface area (Å²) in [6.07, 6.45) is 0.714. The Morgan fingerprint density at radius 1 is 1.40 bits per heavy atom. The lowest BCUT2D eigenvalue weighted by Crippen LogP contribution is -2.26. The lowest BCUT2D eigenvalue weighted by atomic mass is 9.95. The van der Waals surface area contributed by atoms with E-state index < -0.39 is 17.9 Å². The maximum Gasteiger partial charge on any atom is 0.356 e. The molecule has 1 unspecified atom stereocenters. The number of carbonyl (C=O) groups is 2. The second-order valence-corrected chi connectivity index (χ2v) is 5.64. The highest BCUT2D eigenvalue weighted by Gasteiger charge is 2.31. The Bertz CT molecular complexity index is 675. The van der Waals surface area contributed by atoms with Crippen molar-refractivity contribution in [3.8, 4) is 10.7 Å². The smallest absolute Gasteiger partial charge is 0.356 e. The summed E-state index contributed by atoms with van der Waals surface area (Å²) >= 11 is 1.49. The van der Waals surface area contributed by atoms with Crippen LogP contribution in [0.1, 0.15) is 22.6 Å². The lowest BCUT2D eigenvalue weighted by molar-refractivity contribution is -0.142. The van der Waals surface area contributed by atoms with Gasteiger partial charge in [-0.25, -0.2) is 9.78 Å². The zero-order valence-electron chi connectivity index (χ0n) is 10.4. The molecule has 1 aliphatic heterocycles. The molecular weight excluding hydrogens is 280 g/mol. The van der Waals surface area contributed by atoms with Crippen LogP contribution in [0.2, 0.25) is 0 Å². The first-order valence-corrected chi connectivity index (χ1v) is 7.05. The van der Waals surface area contributed by atoms with E-state index in [1.807, 2.05) is 22.1 Å². The molecule has 6 nitrogen and oxygen atoms in total. The molecule has 3 rings (SSSR count). The normalized spacial score (nSPS) is 17.7. The number of hydrogen-bond acceptors (Lipinski definition) is 4. The van der Waals surface area contributed by atoms with Crippen molar-refractivity contribution in [2.24, 2.45) is 5.92 Å². The first kappa shape index (κ1) is 12.9. The van der Waals surface area contributed by atoms with Crippen LogP contribution in [-0.2, 0) is 17.8 Å². The average Bonchev–Trinajstić information content (AvgIpc) is 3.04.